The number of likely N-dealkylation sites (N-methyl/N-ethyl adjacent to an activating group) is 1. The standard InChI is InChI=1S/C23H29Cl2N3O/c1-15-6-9-21(28-10-4-5-11-28)23(18(15)12-16(2)26)27(3)22(29)14-17-7-8-19(24)20(25)13-17/h7-8,13,21,26H,1,4-6,9-12,14H2,2-3H3. The van der Waals surface area contributed by atoms with Gasteiger partial charge in [0.25, 0.3) is 0 Å². The minimum Gasteiger partial charge on any atom is -0.317 e. The molecule has 1 fully saturated rings. The fraction of sp³-hybridized carbons (Fsp3) is 0.478. The molecule has 6 heteroatoms. The lowest BCUT2D eigenvalue weighted by molar-refractivity contribution is -0.128. The predicted octanol–water partition coefficient (Wildman–Crippen LogP) is 5.49. The van der Waals surface area contributed by atoms with Gasteiger partial charge in [0.2, 0.25) is 5.91 Å². The third kappa shape index (κ3) is 5.11. The molecule has 0 bridgehead atoms. The number of allylic oxidation sites excluding steroid dienone is 2. The number of hydrogen-bond acceptors (Lipinski definition) is 3. The molecular weight excluding hydrogens is 405 g/mol. The van der Waals surface area contributed by atoms with Crippen LogP contribution in [-0.4, -0.2) is 47.6 Å². The number of carbonyl (C=O) groups excluding carboxylic acids is 1. The van der Waals surface area contributed by atoms with Gasteiger partial charge in [-0.3, -0.25) is 9.69 Å². The van der Waals surface area contributed by atoms with Crippen molar-refractivity contribution in [1.82, 2.24) is 9.80 Å². The van der Waals surface area contributed by atoms with Crippen LogP contribution >= 0.6 is 23.2 Å². The topological polar surface area (TPSA) is 47.4 Å². The first-order chi connectivity index (χ1) is 13.8. The maximum absolute atomic E-state index is 13.2. The van der Waals surface area contributed by atoms with Crippen LogP contribution in [0, 0.1) is 5.41 Å². The Balaban J connectivity index is 1.92. The van der Waals surface area contributed by atoms with Crippen LogP contribution in [0.5, 0.6) is 0 Å². The number of carbonyl (C=O) groups is 1. The zero-order valence-electron chi connectivity index (χ0n) is 17.2. The number of nitrogens with one attached hydrogen (secondary N) is 1. The van der Waals surface area contributed by atoms with Crippen molar-refractivity contribution in [2.75, 3.05) is 20.1 Å². The Bertz CT molecular complexity index is 856. The van der Waals surface area contributed by atoms with Gasteiger partial charge in [-0.1, -0.05) is 35.8 Å². The summed E-state index contributed by atoms with van der Waals surface area (Å²) in [6.45, 7) is 8.20. The molecule has 0 aromatic heterocycles. The molecule has 4 nitrogen and oxygen atoms in total. The van der Waals surface area contributed by atoms with Crippen LogP contribution in [0.2, 0.25) is 10.0 Å². The van der Waals surface area contributed by atoms with Crippen molar-refractivity contribution in [2.24, 2.45) is 0 Å². The molecule has 1 unspecified atom stereocenters. The summed E-state index contributed by atoms with van der Waals surface area (Å²) in [5.74, 6) is 0.0115. The van der Waals surface area contributed by atoms with Crippen LogP contribution in [0.4, 0.5) is 0 Å². The molecule has 1 aliphatic carbocycles. The van der Waals surface area contributed by atoms with Crippen molar-refractivity contribution in [3.05, 3.63) is 57.2 Å². The van der Waals surface area contributed by atoms with Gasteiger partial charge in [-0.2, -0.15) is 0 Å². The van der Waals surface area contributed by atoms with Gasteiger partial charge in [-0.05, 0) is 74.5 Å². The van der Waals surface area contributed by atoms with Crippen LogP contribution in [0.15, 0.2) is 41.6 Å². The van der Waals surface area contributed by atoms with Crippen molar-refractivity contribution >= 4 is 34.8 Å². The molecule has 3 rings (SSSR count). The second-order valence-electron chi connectivity index (χ2n) is 8.10. The lowest BCUT2D eigenvalue weighted by Gasteiger charge is -2.40. The molecule has 1 heterocycles. The summed E-state index contributed by atoms with van der Waals surface area (Å²) in [5.41, 5.74) is 4.57. The molecule has 1 aromatic rings. The molecule has 1 atom stereocenters. The summed E-state index contributed by atoms with van der Waals surface area (Å²) in [7, 11) is 1.86. The maximum Gasteiger partial charge on any atom is 0.230 e. The number of benzene rings is 1. The molecule has 0 radical (unpaired) electrons. The number of nitrogens with zero attached hydrogens (tertiary/aromatic N) is 2. The summed E-state index contributed by atoms with van der Waals surface area (Å²) < 4.78 is 0. The number of hydrogen-bond donors (Lipinski definition) is 1. The predicted molar refractivity (Wildman–Crippen MR) is 121 cm³/mol. The van der Waals surface area contributed by atoms with E-state index in [0.717, 1.165) is 48.3 Å². The van der Waals surface area contributed by atoms with E-state index in [1.807, 2.05) is 20.0 Å². The van der Waals surface area contributed by atoms with E-state index in [4.69, 9.17) is 28.6 Å². The Hall–Kier alpha value is -1.62. The number of likely N-dealkylation sites (tertiary alicyclic amines) is 1. The summed E-state index contributed by atoms with van der Waals surface area (Å²) in [4.78, 5) is 17.5. The van der Waals surface area contributed by atoms with E-state index in [2.05, 4.69) is 11.5 Å². The lowest BCUT2D eigenvalue weighted by atomic mass is 9.84. The van der Waals surface area contributed by atoms with Gasteiger partial charge in [-0.25, -0.2) is 0 Å². The highest BCUT2D eigenvalue weighted by atomic mass is 35.5. The zero-order chi connectivity index (χ0) is 21.1. The fourth-order valence-electron chi connectivity index (χ4n) is 4.37. The van der Waals surface area contributed by atoms with Crippen molar-refractivity contribution in [3.63, 3.8) is 0 Å². The highest BCUT2D eigenvalue weighted by Crippen LogP contribution is 2.37. The van der Waals surface area contributed by atoms with E-state index < -0.39 is 0 Å². The maximum atomic E-state index is 13.2. The number of rotatable bonds is 6. The van der Waals surface area contributed by atoms with Gasteiger partial charge in [0.15, 0.2) is 0 Å². The van der Waals surface area contributed by atoms with E-state index in [1.54, 1.807) is 17.0 Å². The molecule has 0 saturated carbocycles. The monoisotopic (exact) mass is 433 g/mol. The average molecular weight is 434 g/mol. The first-order valence-electron chi connectivity index (χ1n) is 10.2. The number of halogens is 2. The quantitative estimate of drug-likeness (QED) is 0.602. The third-order valence-electron chi connectivity index (χ3n) is 5.87. The molecule has 1 N–H and O–H groups in total. The van der Waals surface area contributed by atoms with E-state index >= 15 is 0 Å². The zero-order valence-corrected chi connectivity index (χ0v) is 18.7. The lowest BCUT2D eigenvalue weighted by Crippen LogP contribution is -2.44. The molecule has 1 saturated heterocycles. The largest absolute Gasteiger partial charge is 0.317 e. The number of amides is 1. The van der Waals surface area contributed by atoms with Crippen molar-refractivity contribution in [3.8, 4) is 0 Å². The Morgan fingerprint density at radius 3 is 2.55 bits per heavy atom. The Morgan fingerprint density at radius 2 is 1.93 bits per heavy atom. The van der Waals surface area contributed by atoms with Crippen molar-refractivity contribution in [2.45, 2.75) is 51.5 Å². The molecule has 1 aromatic carbocycles. The van der Waals surface area contributed by atoms with Gasteiger partial charge in [0, 0.05) is 24.9 Å². The van der Waals surface area contributed by atoms with E-state index in [-0.39, 0.29) is 18.4 Å². The molecule has 2 aliphatic rings. The molecule has 1 amide bonds. The summed E-state index contributed by atoms with van der Waals surface area (Å²) in [6.07, 6.45) is 5.09. The van der Waals surface area contributed by atoms with Crippen LogP contribution in [-0.2, 0) is 11.2 Å². The van der Waals surface area contributed by atoms with Gasteiger partial charge in [-0.15, -0.1) is 0 Å². The molecular formula is C23H29Cl2N3O. The average Bonchev–Trinajstić information content (AvgIpc) is 3.20. The summed E-state index contributed by atoms with van der Waals surface area (Å²) in [6, 6.07) is 5.53. The second kappa shape index (κ2) is 9.46. The molecule has 1 aliphatic heterocycles. The Kier molecular flexibility index (Phi) is 7.20. The minimum absolute atomic E-state index is 0.0115. The highest BCUT2D eigenvalue weighted by molar-refractivity contribution is 6.42. The highest BCUT2D eigenvalue weighted by Gasteiger charge is 2.35. The van der Waals surface area contributed by atoms with Crippen LogP contribution < -0.4 is 0 Å². The molecule has 29 heavy (non-hydrogen) atoms. The smallest absolute Gasteiger partial charge is 0.230 e. The van der Waals surface area contributed by atoms with Crippen LogP contribution in [0.25, 0.3) is 0 Å². The van der Waals surface area contributed by atoms with E-state index in [1.165, 1.54) is 12.8 Å². The summed E-state index contributed by atoms with van der Waals surface area (Å²) in [5, 5.41) is 8.98. The Morgan fingerprint density at radius 1 is 1.24 bits per heavy atom. The first-order valence-corrected chi connectivity index (χ1v) is 10.9. The third-order valence-corrected chi connectivity index (χ3v) is 6.61. The first kappa shape index (κ1) is 22.1. The normalized spacial score (nSPS) is 20.3. The SMILES string of the molecule is C=C1CCC(N2CCCC2)C(N(C)C(=O)Cc2ccc(Cl)c(Cl)c2)=C1CC(C)=N. The minimum atomic E-state index is 0.0115. The van der Waals surface area contributed by atoms with E-state index in [0.29, 0.717) is 22.2 Å². The second-order valence-corrected chi connectivity index (χ2v) is 8.91. The van der Waals surface area contributed by atoms with Crippen LogP contribution in [0.3, 0.4) is 0 Å². The van der Waals surface area contributed by atoms with Crippen LogP contribution in [0.1, 0.15) is 44.6 Å². The van der Waals surface area contributed by atoms with Gasteiger partial charge >= 0.3 is 0 Å². The van der Waals surface area contributed by atoms with Gasteiger partial charge in [0.05, 0.1) is 22.5 Å². The van der Waals surface area contributed by atoms with Crippen molar-refractivity contribution in [1.29, 1.82) is 5.41 Å². The molecule has 0 spiro atoms. The van der Waals surface area contributed by atoms with Crippen molar-refractivity contribution < 1.29 is 4.79 Å². The van der Waals surface area contributed by atoms with Gasteiger partial charge in [0.1, 0.15) is 0 Å². The fourth-order valence-corrected chi connectivity index (χ4v) is 4.69. The molecule has 156 valence electrons. The van der Waals surface area contributed by atoms with Gasteiger partial charge < -0.3 is 10.3 Å². The summed E-state index contributed by atoms with van der Waals surface area (Å²) >= 11 is 12.1. The Labute approximate surface area is 183 Å². The van der Waals surface area contributed by atoms with E-state index in [9.17, 15) is 4.79 Å².